The molecule has 3 amide bonds. The summed E-state index contributed by atoms with van der Waals surface area (Å²) in [5.41, 5.74) is 3.42. The van der Waals surface area contributed by atoms with E-state index in [0.717, 1.165) is 56.7 Å². The molecule has 3 N–H and O–H groups in total. The van der Waals surface area contributed by atoms with Gasteiger partial charge in [-0.3, -0.25) is 29.6 Å². The molecule has 20 heteroatoms. The van der Waals surface area contributed by atoms with Crippen molar-refractivity contribution in [2.24, 2.45) is 5.92 Å². The van der Waals surface area contributed by atoms with E-state index >= 15 is 13.2 Å². The van der Waals surface area contributed by atoms with Crippen molar-refractivity contribution in [2.75, 3.05) is 92.7 Å². The number of aromatic nitrogens is 3. The van der Waals surface area contributed by atoms with Crippen LogP contribution in [0, 0.1) is 23.4 Å². The highest BCUT2D eigenvalue weighted by Gasteiger charge is 2.37. The van der Waals surface area contributed by atoms with Crippen molar-refractivity contribution in [3.05, 3.63) is 87.9 Å². The molecule has 0 spiro atoms. The lowest BCUT2D eigenvalue weighted by atomic mass is 9.89. The third-order valence-corrected chi connectivity index (χ3v) is 16.1. The van der Waals surface area contributed by atoms with Crippen LogP contribution in [0.1, 0.15) is 63.0 Å². The zero-order valence-electron chi connectivity index (χ0n) is 39.7. The molecule has 4 aliphatic heterocycles. The fraction of sp³-hybridized carbons (Fsp3) is 0.440. The minimum atomic E-state index is -2.92. The number of imide groups is 1. The number of rotatable bonds is 13. The van der Waals surface area contributed by atoms with Gasteiger partial charge >= 0.3 is 0 Å². The second-order valence-corrected chi connectivity index (χ2v) is 22.7. The molecule has 0 aliphatic carbocycles. The van der Waals surface area contributed by atoms with Crippen LogP contribution in [0.15, 0.2) is 59.3 Å². The summed E-state index contributed by atoms with van der Waals surface area (Å²) in [7, 11) is -2.92. The number of carbonyl (C=O) groups is 3. The van der Waals surface area contributed by atoms with E-state index in [9.17, 15) is 18.9 Å². The van der Waals surface area contributed by atoms with Gasteiger partial charge in [-0.25, -0.2) is 18.2 Å². The van der Waals surface area contributed by atoms with Gasteiger partial charge in [0.15, 0.2) is 5.82 Å². The predicted octanol–water partition coefficient (Wildman–Crippen LogP) is 8.06. The summed E-state index contributed by atoms with van der Waals surface area (Å²) in [4.78, 5) is 59.8. The van der Waals surface area contributed by atoms with E-state index in [1.165, 1.54) is 24.4 Å². The predicted molar refractivity (Wildman–Crippen MR) is 269 cm³/mol. The van der Waals surface area contributed by atoms with Crippen LogP contribution in [0.4, 0.5) is 47.7 Å². The van der Waals surface area contributed by atoms with Crippen LogP contribution >= 0.6 is 23.1 Å². The summed E-state index contributed by atoms with van der Waals surface area (Å²) in [6.07, 6.45) is 6.44. The monoisotopic (exact) mass is 1040 g/mol. The average molecular weight is 1050 g/mol. The first-order valence-electron chi connectivity index (χ1n) is 23.9. The van der Waals surface area contributed by atoms with Gasteiger partial charge in [-0.05, 0) is 98.1 Å². The molecule has 15 nitrogen and oxygen atoms in total. The summed E-state index contributed by atoms with van der Waals surface area (Å²) in [6, 6.07) is 11.7. The van der Waals surface area contributed by atoms with Gasteiger partial charge < -0.3 is 34.6 Å². The Labute approximate surface area is 413 Å². The van der Waals surface area contributed by atoms with Gasteiger partial charge in [0.05, 0.1) is 34.3 Å². The van der Waals surface area contributed by atoms with Gasteiger partial charge in [0.25, 0.3) is 0 Å². The van der Waals surface area contributed by atoms with E-state index in [1.54, 1.807) is 31.7 Å². The molecule has 70 heavy (non-hydrogen) atoms. The third kappa shape index (κ3) is 10.2. The maximum absolute atomic E-state index is 15.3. The van der Waals surface area contributed by atoms with Crippen LogP contribution < -0.4 is 35.8 Å². The number of benzene rings is 3. The lowest BCUT2D eigenvalue weighted by molar-refractivity contribution is -0.137. The Balaban J connectivity index is 0.808. The lowest BCUT2D eigenvalue weighted by Crippen LogP contribution is -2.55. The van der Waals surface area contributed by atoms with Crippen molar-refractivity contribution in [3.8, 4) is 5.75 Å². The average Bonchev–Trinajstić information content (AvgIpc) is 3.84. The number of piperazine rings is 1. The number of pyridine rings is 1. The van der Waals surface area contributed by atoms with Crippen LogP contribution in [0.2, 0.25) is 0 Å². The molecule has 370 valence electrons. The first-order valence-corrected chi connectivity index (χ1v) is 27.3. The van der Waals surface area contributed by atoms with Crippen molar-refractivity contribution < 1.29 is 36.9 Å². The molecule has 0 radical (unpaired) electrons. The highest BCUT2D eigenvalue weighted by molar-refractivity contribution is 9.10. The minimum absolute atomic E-state index is 0.0204. The van der Waals surface area contributed by atoms with E-state index < -0.39 is 42.3 Å². The first-order chi connectivity index (χ1) is 33.6. The number of ether oxygens (including phenoxy) is 1. The van der Waals surface area contributed by atoms with Gasteiger partial charge in [-0.2, -0.15) is 4.98 Å². The smallest absolute Gasteiger partial charge is 0.234 e. The van der Waals surface area contributed by atoms with Crippen LogP contribution in [-0.2, 0) is 25.4 Å². The Bertz CT molecular complexity index is 2870. The lowest BCUT2D eigenvalue weighted by Gasteiger charge is -2.44. The Morgan fingerprint density at radius 2 is 1.61 bits per heavy atom. The highest BCUT2D eigenvalue weighted by Crippen LogP contribution is 2.43. The summed E-state index contributed by atoms with van der Waals surface area (Å²) < 4.78 is 66.3. The topological polar surface area (TPSA) is 165 Å². The Kier molecular flexibility index (Phi) is 14.4. The molecular formula is C50H57BrF3N10O5P. The van der Waals surface area contributed by atoms with Gasteiger partial charge in [-0.1, -0.05) is 13.0 Å². The molecule has 6 heterocycles. The van der Waals surface area contributed by atoms with Crippen LogP contribution in [0.5, 0.6) is 5.75 Å². The normalized spacial score (nSPS) is 19.5. The zero-order chi connectivity index (χ0) is 49.4. The van der Waals surface area contributed by atoms with E-state index in [-0.39, 0.29) is 41.7 Å². The summed E-state index contributed by atoms with van der Waals surface area (Å²) in [6.45, 7) is 13.1. The molecule has 2 atom stereocenters. The van der Waals surface area contributed by atoms with Crippen molar-refractivity contribution in [2.45, 2.75) is 64.3 Å². The van der Waals surface area contributed by atoms with Crippen molar-refractivity contribution in [1.29, 1.82) is 0 Å². The van der Waals surface area contributed by atoms with E-state index in [2.05, 4.69) is 70.7 Å². The highest BCUT2D eigenvalue weighted by atomic mass is 79.9. The number of anilines is 6. The second-order valence-electron chi connectivity index (χ2n) is 18.7. The number of nitrogens with zero attached hydrogens (tertiary/aromatic N) is 7. The minimum Gasteiger partial charge on any atom is -0.492 e. The molecule has 0 unspecified atom stereocenters. The van der Waals surface area contributed by atoms with Crippen LogP contribution in [0.25, 0.3) is 10.9 Å². The number of halogens is 4. The van der Waals surface area contributed by atoms with E-state index in [4.69, 9.17) is 9.72 Å². The third-order valence-electron chi connectivity index (χ3n) is 14.0. The molecule has 4 fully saturated rings. The molecule has 4 aliphatic rings. The maximum Gasteiger partial charge on any atom is 0.234 e. The number of aryl methyl sites for hydroxylation is 1. The molecule has 0 bridgehead atoms. The van der Waals surface area contributed by atoms with Gasteiger partial charge in [0.1, 0.15) is 35.9 Å². The zero-order valence-corrected chi connectivity index (χ0v) is 42.1. The number of fused-ring (bicyclic) bond motifs is 1. The Morgan fingerprint density at radius 1 is 0.886 bits per heavy atom. The molecular weight excluding hydrogens is 988 g/mol. The SMILES string of the molecule is CCOc1cc(N2CCC(N3CCN(C(=O)[C@@H]4CCN(c5cc(F)c([C@H]6CCC(=O)NC6=O)c(F)c5)C4)CC3)CC2)c(CC)cc1Nc1ncc(Br)c(Nc2cc(F)c3ncccc3c2P(C)(C)=O)n1. The molecule has 3 aromatic carbocycles. The number of hydrogen-bond donors (Lipinski definition) is 3. The number of hydrogen-bond acceptors (Lipinski definition) is 13. The second kappa shape index (κ2) is 20.5. The van der Waals surface area contributed by atoms with Gasteiger partial charge in [0, 0.05) is 117 Å². The van der Waals surface area contributed by atoms with Crippen LogP contribution in [-0.4, -0.2) is 121 Å². The first kappa shape index (κ1) is 49.2. The molecule has 5 aromatic rings. The van der Waals surface area contributed by atoms with Gasteiger partial charge in [-0.15, -0.1) is 0 Å². The number of nitrogens with one attached hydrogen (secondary N) is 3. The Hall–Kier alpha value is -5.78. The van der Waals surface area contributed by atoms with E-state index in [0.29, 0.717) is 89.0 Å². The van der Waals surface area contributed by atoms with Crippen molar-refractivity contribution >= 4 is 91.5 Å². The number of carbonyl (C=O) groups excluding carboxylic acids is 3. The van der Waals surface area contributed by atoms with E-state index in [1.807, 2.05) is 16.7 Å². The Morgan fingerprint density at radius 3 is 2.30 bits per heavy atom. The largest absolute Gasteiger partial charge is 0.492 e. The molecule has 0 saturated carbocycles. The fourth-order valence-corrected chi connectivity index (χ4v) is 12.2. The quantitative estimate of drug-likeness (QED) is 0.0767. The molecule has 4 saturated heterocycles. The molecule has 2 aromatic heterocycles. The summed E-state index contributed by atoms with van der Waals surface area (Å²) in [5.74, 6) is -3.36. The number of amides is 3. The van der Waals surface area contributed by atoms with Crippen molar-refractivity contribution in [3.63, 3.8) is 0 Å². The molecule has 9 rings (SSSR count). The maximum atomic E-state index is 15.3. The fourth-order valence-electron chi connectivity index (χ4n) is 10.5. The number of piperidine rings is 2. The van der Waals surface area contributed by atoms with Gasteiger partial charge in [0.2, 0.25) is 23.7 Å². The standard InChI is InChI=1S/C50H57BrF3N10O5P/c1-5-29-22-39(58-50-56-27-35(51)47(60-50)57-40-25-38(54)45-34(8-7-14-55-45)46(40)70(3,4)68)42(69-6-2)26-41(29)62-16-12-31(13-17-62)61-18-20-63(21-19-61)49(67)30-11-15-64(28-30)32-23-36(52)44(37(53)24-32)33-9-10-43(65)59-48(33)66/h7-8,14,22-27,30-31,33H,5-6,9-13,15-21,28H2,1-4H3,(H,59,65,66)(H2,56,57,58,60)/t30-,33-/m1/s1. The summed E-state index contributed by atoms with van der Waals surface area (Å²) in [5, 5.41) is 9.69. The van der Waals surface area contributed by atoms with Crippen LogP contribution in [0.3, 0.4) is 0 Å². The summed E-state index contributed by atoms with van der Waals surface area (Å²) >= 11 is 3.54. The van der Waals surface area contributed by atoms with Crippen molar-refractivity contribution in [1.82, 2.24) is 30.1 Å².